The van der Waals surface area contributed by atoms with E-state index in [0.29, 0.717) is 19.0 Å². The highest BCUT2D eigenvalue weighted by atomic mass is 32.2. The summed E-state index contributed by atoms with van der Waals surface area (Å²) >= 11 is 0. The average Bonchev–Trinajstić information content (AvgIpc) is 2.61. The minimum Gasteiger partial charge on any atom is -0.370 e. The van der Waals surface area contributed by atoms with E-state index in [0.717, 1.165) is 36.3 Å². The van der Waals surface area contributed by atoms with Gasteiger partial charge in [0.2, 0.25) is 10.0 Å². The summed E-state index contributed by atoms with van der Waals surface area (Å²) in [7, 11) is -3.05. The Bertz CT molecular complexity index is 755. The molecule has 0 bridgehead atoms. The lowest BCUT2D eigenvalue weighted by Gasteiger charge is -2.30. The zero-order valence-corrected chi connectivity index (χ0v) is 14.5. The highest BCUT2D eigenvalue weighted by Crippen LogP contribution is 2.21. The molecule has 2 aromatic heterocycles. The zero-order valence-electron chi connectivity index (χ0n) is 13.7. The van der Waals surface area contributed by atoms with Gasteiger partial charge in [-0.1, -0.05) is 0 Å². The van der Waals surface area contributed by atoms with Crippen LogP contribution in [0.3, 0.4) is 0 Å². The Hall–Kier alpha value is -1.99. The number of nitrogens with one attached hydrogen (secondary N) is 1. The SMILES string of the molecule is CS(=O)(=O)N1CCC(CNc2ccc(-c3ccncc3)cn2)CC1. The molecule has 7 heteroatoms. The average molecular weight is 346 g/mol. The van der Waals surface area contributed by atoms with Gasteiger partial charge in [-0.05, 0) is 48.6 Å². The third-order valence-corrected chi connectivity index (χ3v) is 5.69. The van der Waals surface area contributed by atoms with Gasteiger partial charge in [-0.2, -0.15) is 0 Å². The van der Waals surface area contributed by atoms with Crippen molar-refractivity contribution in [3.8, 4) is 11.1 Å². The largest absolute Gasteiger partial charge is 0.370 e. The Morgan fingerprint density at radius 3 is 2.42 bits per heavy atom. The van der Waals surface area contributed by atoms with E-state index in [-0.39, 0.29) is 0 Å². The van der Waals surface area contributed by atoms with Gasteiger partial charge in [0.05, 0.1) is 6.26 Å². The molecule has 128 valence electrons. The van der Waals surface area contributed by atoms with Gasteiger partial charge in [-0.3, -0.25) is 4.98 Å². The van der Waals surface area contributed by atoms with E-state index in [4.69, 9.17) is 0 Å². The smallest absolute Gasteiger partial charge is 0.211 e. The summed E-state index contributed by atoms with van der Waals surface area (Å²) < 4.78 is 24.6. The third-order valence-electron chi connectivity index (χ3n) is 4.39. The molecule has 0 spiro atoms. The van der Waals surface area contributed by atoms with Crippen LogP contribution in [0.15, 0.2) is 42.9 Å². The standard InChI is InChI=1S/C17H22N4O2S/c1-24(22,23)21-10-6-14(7-11-21)12-19-17-3-2-16(13-20-17)15-4-8-18-9-5-15/h2-5,8-9,13-14H,6-7,10-12H2,1H3,(H,19,20). The van der Waals surface area contributed by atoms with Crippen molar-refractivity contribution in [3.63, 3.8) is 0 Å². The predicted molar refractivity (Wildman–Crippen MR) is 95.1 cm³/mol. The lowest BCUT2D eigenvalue weighted by molar-refractivity contribution is 0.283. The quantitative estimate of drug-likeness (QED) is 0.898. The first-order valence-electron chi connectivity index (χ1n) is 8.08. The summed E-state index contributed by atoms with van der Waals surface area (Å²) in [5.74, 6) is 1.32. The van der Waals surface area contributed by atoms with Crippen LogP contribution in [-0.2, 0) is 10.0 Å². The molecule has 0 radical (unpaired) electrons. The monoisotopic (exact) mass is 346 g/mol. The second-order valence-corrected chi connectivity index (χ2v) is 8.14. The molecule has 0 aromatic carbocycles. The molecule has 3 heterocycles. The van der Waals surface area contributed by atoms with Crippen LogP contribution in [0.2, 0.25) is 0 Å². The number of hydrogen-bond donors (Lipinski definition) is 1. The molecule has 1 aliphatic rings. The van der Waals surface area contributed by atoms with Crippen LogP contribution in [0.4, 0.5) is 5.82 Å². The molecule has 0 atom stereocenters. The van der Waals surface area contributed by atoms with Gasteiger partial charge >= 0.3 is 0 Å². The van der Waals surface area contributed by atoms with Crippen molar-refractivity contribution in [1.82, 2.24) is 14.3 Å². The summed E-state index contributed by atoms with van der Waals surface area (Å²) in [5, 5.41) is 3.36. The van der Waals surface area contributed by atoms with Gasteiger partial charge in [0, 0.05) is 43.8 Å². The van der Waals surface area contributed by atoms with Crippen molar-refractivity contribution in [2.45, 2.75) is 12.8 Å². The van der Waals surface area contributed by atoms with Gasteiger partial charge in [0.15, 0.2) is 0 Å². The lowest BCUT2D eigenvalue weighted by atomic mass is 9.98. The second-order valence-electron chi connectivity index (χ2n) is 6.15. The van der Waals surface area contributed by atoms with E-state index in [1.54, 1.807) is 16.7 Å². The molecule has 0 unspecified atom stereocenters. The fraction of sp³-hybridized carbons (Fsp3) is 0.412. The number of sulfonamides is 1. The number of aromatic nitrogens is 2. The number of rotatable bonds is 5. The summed E-state index contributed by atoms with van der Waals surface area (Å²) in [6, 6.07) is 7.93. The maximum Gasteiger partial charge on any atom is 0.211 e. The first kappa shape index (κ1) is 16.9. The van der Waals surface area contributed by atoms with Crippen LogP contribution in [0, 0.1) is 5.92 Å². The first-order chi connectivity index (χ1) is 11.5. The molecule has 6 nitrogen and oxygen atoms in total. The normalized spacial score (nSPS) is 16.9. The maximum absolute atomic E-state index is 11.5. The van der Waals surface area contributed by atoms with Gasteiger partial charge in [0.1, 0.15) is 5.82 Å². The van der Waals surface area contributed by atoms with Crippen molar-refractivity contribution in [2.24, 2.45) is 5.92 Å². The third kappa shape index (κ3) is 4.30. The zero-order chi connectivity index (χ0) is 17.0. The number of hydrogen-bond acceptors (Lipinski definition) is 5. The van der Waals surface area contributed by atoms with Gasteiger partial charge in [0.25, 0.3) is 0 Å². The van der Waals surface area contributed by atoms with Crippen LogP contribution in [-0.4, -0.2) is 48.6 Å². The Kier molecular flexibility index (Phi) is 5.11. The minimum absolute atomic E-state index is 0.477. The Balaban J connectivity index is 1.51. The molecule has 0 aliphatic carbocycles. The first-order valence-corrected chi connectivity index (χ1v) is 9.92. The molecule has 3 rings (SSSR count). The predicted octanol–water partition coefficient (Wildman–Crippen LogP) is 2.23. The van der Waals surface area contributed by atoms with Crippen LogP contribution in [0.25, 0.3) is 11.1 Å². The minimum atomic E-state index is -3.05. The number of pyridine rings is 2. The molecule has 0 saturated carbocycles. The number of piperidine rings is 1. The lowest BCUT2D eigenvalue weighted by Crippen LogP contribution is -2.39. The van der Waals surface area contributed by atoms with E-state index in [1.165, 1.54) is 6.26 Å². The molecule has 1 saturated heterocycles. The van der Waals surface area contributed by atoms with Crippen LogP contribution < -0.4 is 5.32 Å². The summed E-state index contributed by atoms with van der Waals surface area (Å²) in [4.78, 5) is 8.47. The molecule has 1 fully saturated rings. The van der Waals surface area contributed by atoms with Crippen molar-refractivity contribution < 1.29 is 8.42 Å². The fourth-order valence-corrected chi connectivity index (χ4v) is 3.78. The topological polar surface area (TPSA) is 75.2 Å². The highest BCUT2D eigenvalue weighted by molar-refractivity contribution is 7.88. The van der Waals surface area contributed by atoms with Crippen molar-refractivity contribution in [3.05, 3.63) is 42.9 Å². The van der Waals surface area contributed by atoms with Crippen LogP contribution >= 0.6 is 0 Å². The summed E-state index contributed by atoms with van der Waals surface area (Å²) in [6.07, 6.45) is 8.43. The van der Waals surface area contributed by atoms with Gasteiger partial charge in [-0.25, -0.2) is 17.7 Å². The fourth-order valence-electron chi connectivity index (χ4n) is 2.91. The van der Waals surface area contributed by atoms with Crippen LogP contribution in [0.5, 0.6) is 0 Å². The molecule has 1 aliphatic heterocycles. The highest BCUT2D eigenvalue weighted by Gasteiger charge is 2.24. The summed E-state index contributed by atoms with van der Waals surface area (Å²) in [6.45, 7) is 2.04. The molecule has 1 N–H and O–H groups in total. The van der Waals surface area contributed by atoms with E-state index >= 15 is 0 Å². The molecular formula is C17H22N4O2S. The second kappa shape index (κ2) is 7.27. The molecular weight excluding hydrogens is 324 g/mol. The van der Waals surface area contributed by atoms with Gasteiger partial charge in [-0.15, -0.1) is 0 Å². The maximum atomic E-state index is 11.5. The van der Waals surface area contributed by atoms with E-state index in [2.05, 4.69) is 15.3 Å². The Labute approximate surface area is 143 Å². The molecule has 24 heavy (non-hydrogen) atoms. The van der Waals surface area contributed by atoms with E-state index in [9.17, 15) is 8.42 Å². The van der Waals surface area contributed by atoms with Crippen LogP contribution in [0.1, 0.15) is 12.8 Å². The van der Waals surface area contributed by atoms with Crippen molar-refractivity contribution >= 4 is 15.8 Å². The molecule has 0 amide bonds. The van der Waals surface area contributed by atoms with Crippen molar-refractivity contribution in [1.29, 1.82) is 0 Å². The van der Waals surface area contributed by atoms with E-state index < -0.39 is 10.0 Å². The molecule has 2 aromatic rings. The van der Waals surface area contributed by atoms with Crippen molar-refractivity contribution in [2.75, 3.05) is 31.2 Å². The Morgan fingerprint density at radius 1 is 1.12 bits per heavy atom. The van der Waals surface area contributed by atoms with E-state index in [1.807, 2.05) is 30.5 Å². The van der Waals surface area contributed by atoms with Gasteiger partial charge < -0.3 is 5.32 Å². The number of nitrogens with zero attached hydrogens (tertiary/aromatic N) is 3. The summed E-state index contributed by atoms with van der Waals surface area (Å²) in [5.41, 5.74) is 2.15. The number of anilines is 1. The Morgan fingerprint density at radius 2 is 1.83 bits per heavy atom.